The molecule has 0 spiro atoms. The van der Waals surface area contributed by atoms with Crippen LogP contribution in [0.2, 0.25) is 0 Å². The Kier molecular flexibility index (Phi) is 8.91. The molecule has 6 heteroatoms. The number of rotatable bonds is 10. The minimum absolute atomic E-state index is 0.205. The molecule has 6 nitrogen and oxygen atoms in total. The summed E-state index contributed by atoms with van der Waals surface area (Å²) in [6.07, 6.45) is 3.15. The van der Waals surface area contributed by atoms with Crippen LogP contribution in [-0.4, -0.2) is 45.4 Å². The van der Waals surface area contributed by atoms with Crippen LogP contribution >= 0.6 is 0 Å². The van der Waals surface area contributed by atoms with Crippen molar-refractivity contribution in [3.63, 3.8) is 0 Å². The van der Waals surface area contributed by atoms with Crippen LogP contribution in [0.4, 0.5) is 11.4 Å². The van der Waals surface area contributed by atoms with E-state index in [1.165, 1.54) is 0 Å². The normalized spacial score (nSPS) is 18.2. The summed E-state index contributed by atoms with van der Waals surface area (Å²) in [6, 6.07) is 20.0. The van der Waals surface area contributed by atoms with E-state index in [1.54, 1.807) is 7.11 Å². The van der Waals surface area contributed by atoms with E-state index >= 15 is 0 Å². The Morgan fingerprint density at radius 1 is 0.774 bits per heavy atom. The van der Waals surface area contributed by atoms with Crippen LogP contribution in [0.3, 0.4) is 0 Å². The fraction of sp³-hybridized carbons (Fsp3) is 0.440. The minimum Gasteiger partial charge on any atom is -0.464 e. The third-order valence-electron chi connectivity index (χ3n) is 5.60. The van der Waals surface area contributed by atoms with Crippen molar-refractivity contribution in [3.8, 4) is 0 Å². The van der Waals surface area contributed by atoms with E-state index in [0.29, 0.717) is 26.0 Å². The van der Waals surface area contributed by atoms with Crippen molar-refractivity contribution in [2.24, 2.45) is 11.8 Å². The van der Waals surface area contributed by atoms with Gasteiger partial charge in [-0.25, -0.2) is 0 Å². The van der Waals surface area contributed by atoms with Gasteiger partial charge in [0.25, 0.3) is 0 Å². The monoisotopic (exact) mass is 425 g/mol. The van der Waals surface area contributed by atoms with Gasteiger partial charge in [0, 0.05) is 18.5 Å². The third-order valence-corrected chi connectivity index (χ3v) is 5.60. The van der Waals surface area contributed by atoms with Crippen molar-refractivity contribution in [1.82, 2.24) is 0 Å². The standard InChI is InChI=1S/C25H31NO5/c1-29-18-19-31-25(28)23-15-9-8-14-22(23)24(27)30-17-16-26(20-10-4-2-5-11-20)21-12-6-3-7-13-21/h2-7,10-13,22-23H,8-9,14-19H2,1H3. The number of hydrogen-bond acceptors (Lipinski definition) is 6. The number of ether oxygens (including phenoxy) is 3. The number of benzene rings is 2. The lowest BCUT2D eigenvalue weighted by Gasteiger charge is -2.29. The molecular weight excluding hydrogens is 394 g/mol. The first kappa shape index (κ1) is 22.8. The number of nitrogens with zero attached hydrogens (tertiary/aromatic N) is 1. The smallest absolute Gasteiger partial charge is 0.309 e. The average Bonchev–Trinajstić information content (AvgIpc) is 2.83. The Hall–Kier alpha value is -2.86. The highest BCUT2D eigenvalue weighted by molar-refractivity contribution is 5.82. The van der Waals surface area contributed by atoms with Crippen molar-refractivity contribution in [3.05, 3.63) is 60.7 Å². The van der Waals surface area contributed by atoms with Crippen molar-refractivity contribution in [2.75, 3.05) is 38.4 Å². The first-order chi connectivity index (χ1) is 15.2. The lowest BCUT2D eigenvalue weighted by molar-refractivity contribution is -0.163. The van der Waals surface area contributed by atoms with Crippen LogP contribution in [0.15, 0.2) is 60.7 Å². The molecule has 0 radical (unpaired) electrons. The van der Waals surface area contributed by atoms with E-state index in [9.17, 15) is 9.59 Å². The predicted molar refractivity (Wildman–Crippen MR) is 119 cm³/mol. The molecule has 2 aromatic rings. The average molecular weight is 426 g/mol. The molecule has 3 rings (SSSR count). The molecule has 1 saturated carbocycles. The fourth-order valence-electron chi connectivity index (χ4n) is 4.00. The Morgan fingerprint density at radius 2 is 1.26 bits per heavy atom. The number of methoxy groups -OCH3 is 1. The van der Waals surface area contributed by atoms with Crippen LogP contribution in [-0.2, 0) is 23.8 Å². The van der Waals surface area contributed by atoms with Gasteiger partial charge in [-0.3, -0.25) is 9.59 Å². The molecule has 0 bridgehead atoms. The first-order valence-corrected chi connectivity index (χ1v) is 10.9. The molecule has 31 heavy (non-hydrogen) atoms. The van der Waals surface area contributed by atoms with E-state index in [0.717, 1.165) is 24.2 Å². The summed E-state index contributed by atoms with van der Waals surface area (Å²) in [4.78, 5) is 27.4. The van der Waals surface area contributed by atoms with E-state index < -0.39 is 11.8 Å². The summed E-state index contributed by atoms with van der Waals surface area (Å²) in [6.45, 7) is 1.32. The van der Waals surface area contributed by atoms with Crippen molar-refractivity contribution in [1.29, 1.82) is 0 Å². The van der Waals surface area contributed by atoms with Gasteiger partial charge in [0.15, 0.2) is 0 Å². The maximum atomic E-state index is 12.8. The van der Waals surface area contributed by atoms with Crippen LogP contribution in [0.25, 0.3) is 0 Å². The zero-order valence-corrected chi connectivity index (χ0v) is 18.1. The molecule has 0 N–H and O–H groups in total. The van der Waals surface area contributed by atoms with Crippen LogP contribution < -0.4 is 4.90 Å². The van der Waals surface area contributed by atoms with Gasteiger partial charge in [-0.05, 0) is 37.1 Å². The Morgan fingerprint density at radius 3 is 1.74 bits per heavy atom. The van der Waals surface area contributed by atoms with Crippen molar-refractivity contribution in [2.45, 2.75) is 25.7 Å². The number of carbonyl (C=O) groups excluding carboxylic acids is 2. The highest BCUT2D eigenvalue weighted by atomic mass is 16.6. The zero-order valence-electron chi connectivity index (χ0n) is 18.1. The van der Waals surface area contributed by atoms with E-state index in [1.807, 2.05) is 60.7 Å². The summed E-state index contributed by atoms with van der Waals surface area (Å²) in [5, 5.41) is 0. The summed E-state index contributed by atoms with van der Waals surface area (Å²) in [5.41, 5.74) is 2.06. The highest BCUT2D eigenvalue weighted by Gasteiger charge is 2.37. The number of carbonyl (C=O) groups is 2. The summed E-state index contributed by atoms with van der Waals surface area (Å²) >= 11 is 0. The molecule has 0 aromatic heterocycles. The van der Waals surface area contributed by atoms with E-state index in [-0.39, 0.29) is 25.2 Å². The maximum absolute atomic E-state index is 12.8. The van der Waals surface area contributed by atoms with Crippen LogP contribution in [0.1, 0.15) is 25.7 Å². The van der Waals surface area contributed by atoms with Gasteiger partial charge in [-0.15, -0.1) is 0 Å². The SMILES string of the molecule is COCCOC(=O)C1CCCCC1C(=O)OCCN(c1ccccc1)c1ccccc1. The molecule has 2 aromatic carbocycles. The molecule has 1 aliphatic carbocycles. The molecule has 0 heterocycles. The van der Waals surface area contributed by atoms with Gasteiger partial charge in [-0.2, -0.15) is 0 Å². The lowest BCUT2D eigenvalue weighted by Crippen LogP contribution is -2.36. The molecular formula is C25H31NO5. The second kappa shape index (κ2) is 12.1. The van der Waals surface area contributed by atoms with Gasteiger partial charge in [0.1, 0.15) is 13.2 Å². The third kappa shape index (κ3) is 6.56. The highest BCUT2D eigenvalue weighted by Crippen LogP contribution is 2.32. The predicted octanol–water partition coefficient (Wildman–Crippen LogP) is 4.36. The number of esters is 2. The molecule has 1 fully saturated rings. The second-order valence-corrected chi connectivity index (χ2v) is 7.65. The summed E-state index contributed by atoms with van der Waals surface area (Å²) in [5.74, 6) is -1.51. The van der Waals surface area contributed by atoms with Crippen LogP contribution in [0.5, 0.6) is 0 Å². The van der Waals surface area contributed by atoms with Gasteiger partial charge in [0.2, 0.25) is 0 Å². The first-order valence-electron chi connectivity index (χ1n) is 10.9. The molecule has 166 valence electrons. The Balaban J connectivity index is 1.59. The topological polar surface area (TPSA) is 65.1 Å². The number of para-hydroxylation sites is 2. The number of hydrogen-bond donors (Lipinski definition) is 0. The molecule has 0 aliphatic heterocycles. The van der Waals surface area contributed by atoms with Crippen molar-refractivity contribution < 1.29 is 23.8 Å². The van der Waals surface area contributed by atoms with Gasteiger partial charge in [0.05, 0.1) is 25.0 Å². The quantitative estimate of drug-likeness (QED) is 0.416. The molecule has 0 saturated heterocycles. The molecule has 2 atom stereocenters. The molecule has 1 aliphatic rings. The lowest BCUT2D eigenvalue weighted by atomic mass is 9.79. The summed E-state index contributed by atoms with van der Waals surface area (Å²) < 4.78 is 15.9. The largest absolute Gasteiger partial charge is 0.464 e. The van der Waals surface area contributed by atoms with Crippen molar-refractivity contribution >= 4 is 23.3 Å². The zero-order chi connectivity index (χ0) is 21.9. The van der Waals surface area contributed by atoms with Gasteiger partial charge in [-0.1, -0.05) is 49.2 Å². The second-order valence-electron chi connectivity index (χ2n) is 7.65. The Labute approximate surface area is 184 Å². The molecule has 0 amide bonds. The minimum atomic E-state index is -0.439. The van der Waals surface area contributed by atoms with Gasteiger partial charge < -0.3 is 19.1 Å². The summed E-state index contributed by atoms with van der Waals surface area (Å²) in [7, 11) is 1.56. The van der Waals surface area contributed by atoms with E-state index in [2.05, 4.69) is 4.90 Å². The van der Waals surface area contributed by atoms with E-state index in [4.69, 9.17) is 14.2 Å². The van der Waals surface area contributed by atoms with Gasteiger partial charge >= 0.3 is 11.9 Å². The fourth-order valence-corrected chi connectivity index (χ4v) is 4.00. The maximum Gasteiger partial charge on any atom is 0.309 e. The molecule has 2 unspecified atom stereocenters. The Bertz CT molecular complexity index is 772. The number of anilines is 2. The van der Waals surface area contributed by atoms with Crippen LogP contribution in [0, 0.1) is 11.8 Å².